The highest BCUT2D eigenvalue weighted by atomic mass is 19.1. The molecule has 3 N–H and O–H groups in total. The normalized spacial score (nSPS) is 11.7. The summed E-state index contributed by atoms with van der Waals surface area (Å²) in [6, 6.07) is 17.9. The van der Waals surface area contributed by atoms with Crippen LogP contribution in [-0.4, -0.2) is 33.2 Å². The molecule has 0 spiro atoms. The van der Waals surface area contributed by atoms with Crippen LogP contribution in [0.3, 0.4) is 0 Å². The van der Waals surface area contributed by atoms with Gasteiger partial charge in [-0.3, -0.25) is 14.9 Å². The fraction of sp³-hybridized carbons (Fsp3) is 0.185. The first-order valence-corrected chi connectivity index (χ1v) is 11.4. The van der Waals surface area contributed by atoms with E-state index in [0.717, 1.165) is 11.1 Å². The zero-order chi connectivity index (χ0) is 25.5. The molecule has 4 rings (SSSR count). The number of benzene rings is 2. The highest BCUT2D eigenvalue weighted by Gasteiger charge is 2.27. The number of carbonyl (C=O) groups excluding carboxylic acids is 2. The lowest BCUT2D eigenvalue weighted by Gasteiger charge is -2.21. The largest absolute Gasteiger partial charge is 0.445 e. The van der Waals surface area contributed by atoms with Gasteiger partial charge in [0.2, 0.25) is 5.91 Å². The number of anilines is 1. The molecule has 8 nitrogen and oxygen atoms in total. The summed E-state index contributed by atoms with van der Waals surface area (Å²) in [6.07, 6.45) is 2.56. The van der Waals surface area contributed by atoms with E-state index in [2.05, 4.69) is 25.8 Å². The molecule has 2 aromatic heterocycles. The van der Waals surface area contributed by atoms with Crippen molar-refractivity contribution in [2.45, 2.75) is 26.5 Å². The van der Waals surface area contributed by atoms with Crippen LogP contribution in [0.2, 0.25) is 0 Å². The molecular formula is C27H26FN5O3. The van der Waals surface area contributed by atoms with E-state index < -0.39 is 18.0 Å². The predicted octanol–water partition coefficient (Wildman–Crippen LogP) is 5.17. The number of halogens is 1. The zero-order valence-electron chi connectivity index (χ0n) is 19.9. The maximum atomic E-state index is 13.5. The van der Waals surface area contributed by atoms with Crippen molar-refractivity contribution in [3.05, 3.63) is 90.5 Å². The summed E-state index contributed by atoms with van der Waals surface area (Å²) in [4.78, 5) is 29.7. The number of pyridine rings is 1. The minimum Gasteiger partial charge on any atom is -0.445 e. The predicted molar refractivity (Wildman–Crippen MR) is 134 cm³/mol. The molecule has 9 heteroatoms. The highest BCUT2D eigenvalue weighted by molar-refractivity contribution is 6.01. The van der Waals surface area contributed by atoms with Gasteiger partial charge < -0.3 is 15.4 Å². The second-order valence-electron chi connectivity index (χ2n) is 8.48. The van der Waals surface area contributed by atoms with Gasteiger partial charge in [0.25, 0.3) is 0 Å². The molecule has 2 heterocycles. The van der Waals surface area contributed by atoms with Crippen LogP contribution < -0.4 is 10.6 Å². The molecule has 0 bridgehead atoms. The monoisotopic (exact) mass is 487 g/mol. The van der Waals surface area contributed by atoms with E-state index in [-0.39, 0.29) is 24.2 Å². The van der Waals surface area contributed by atoms with E-state index in [0.29, 0.717) is 16.8 Å². The van der Waals surface area contributed by atoms with Gasteiger partial charge in [-0.15, -0.1) is 0 Å². The minimum absolute atomic E-state index is 0.0890. The fourth-order valence-electron chi connectivity index (χ4n) is 3.68. The Balaban J connectivity index is 1.54. The number of hydrogen-bond donors (Lipinski definition) is 3. The molecule has 2 aromatic carbocycles. The molecule has 0 radical (unpaired) electrons. The van der Waals surface area contributed by atoms with Crippen LogP contribution >= 0.6 is 0 Å². The summed E-state index contributed by atoms with van der Waals surface area (Å²) in [7, 11) is 0. The average Bonchev–Trinajstić information content (AvgIpc) is 3.30. The number of carbonyl (C=O) groups is 2. The fourth-order valence-corrected chi connectivity index (χ4v) is 3.68. The Bertz CT molecular complexity index is 1310. The highest BCUT2D eigenvalue weighted by Crippen LogP contribution is 2.36. The Labute approximate surface area is 207 Å². The number of ether oxygens (including phenoxy) is 1. The number of aromatic nitrogens is 3. The molecule has 36 heavy (non-hydrogen) atoms. The van der Waals surface area contributed by atoms with Gasteiger partial charge in [0.05, 0.1) is 11.3 Å². The van der Waals surface area contributed by atoms with E-state index in [4.69, 9.17) is 4.74 Å². The maximum Gasteiger partial charge on any atom is 0.408 e. The maximum absolute atomic E-state index is 13.5. The summed E-state index contributed by atoms with van der Waals surface area (Å²) in [5.74, 6) is -0.763. The van der Waals surface area contributed by atoms with Crippen LogP contribution in [0.4, 0.5) is 15.0 Å². The Morgan fingerprint density at radius 3 is 2.33 bits per heavy atom. The molecule has 0 fully saturated rings. The lowest BCUT2D eigenvalue weighted by molar-refractivity contribution is -0.119. The van der Waals surface area contributed by atoms with Gasteiger partial charge in [-0.2, -0.15) is 5.10 Å². The van der Waals surface area contributed by atoms with E-state index in [1.165, 1.54) is 12.1 Å². The molecule has 4 aromatic rings. The third kappa shape index (κ3) is 5.93. The molecule has 0 unspecified atom stereocenters. The Morgan fingerprint density at radius 2 is 1.67 bits per heavy atom. The van der Waals surface area contributed by atoms with Crippen LogP contribution in [0.5, 0.6) is 0 Å². The molecule has 2 amide bonds. The van der Waals surface area contributed by atoms with Crippen molar-refractivity contribution in [2.75, 3.05) is 5.32 Å². The van der Waals surface area contributed by atoms with Crippen LogP contribution in [0.1, 0.15) is 19.4 Å². The molecule has 1 atom stereocenters. The van der Waals surface area contributed by atoms with Crippen molar-refractivity contribution in [3.8, 4) is 22.4 Å². The molecule has 0 aliphatic heterocycles. The number of amides is 2. The summed E-state index contributed by atoms with van der Waals surface area (Å²) in [6.45, 7) is 3.73. The first-order chi connectivity index (χ1) is 17.4. The molecule has 0 saturated carbocycles. The van der Waals surface area contributed by atoms with Gasteiger partial charge in [-0.05, 0) is 53.4 Å². The van der Waals surface area contributed by atoms with Crippen molar-refractivity contribution >= 4 is 17.8 Å². The van der Waals surface area contributed by atoms with E-state index in [1.54, 1.807) is 36.7 Å². The third-order valence-electron chi connectivity index (χ3n) is 5.55. The van der Waals surface area contributed by atoms with E-state index in [1.807, 2.05) is 44.2 Å². The molecule has 0 aliphatic carbocycles. The Kier molecular flexibility index (Phi) is 7.69. The number of aromatic amines is 1. The van der Waals surface area contributed by atoms with Crippen molar-refractivity contribution in [1.29, 1.82) is 0 Å². The number of H-pyrrole nitrogens is 1. The quantitative estimate of drug-likeness (QED) is 0.318. The summed E-state index contributed by atoms with van der Waals surface area (Å²) < 4.78 is 18.8. The van der Waals surface area contributed by atoms with Gasteiger partial charge in [0.15, 0.2) is 5.82 Å². The number of hydrogen-bond acceptors (Lipinski definition) is 5. The van der Waals surface area contributed by atoms with Crippen molar-refractivity contribution in [3.63, 3.8) is 0 Å². The third-order valence-corrected chi connectivity index (χ3v) is 5.55. The molecule has 0 saturated heterocycles. The first-order valence-electron chi connectivity index (χ1n) is 11.4. The number of rotatable bonds is 8. The van der Waals surface area contributed by atoms with Crippen LogP contribution in [0, 0.1) is 11.7 Å². The van der Waals surface area contributed by atoms with Gasteiger partial charge in [0.1, 0.15) is 18.5 Å². The molecular weight excluding hydrogens is 461 g/mol. The standard InChI is InChI=1S/C27H26FN5O3/c1-17(2)23(30-27(35)36-16-18-6-4-3-5-7-18)26(34)31-25-22(19-12-14-29-15-13-19)24(32-33-25)20-8-10-21(28)11-9-20/h3-15,17,23H,16H2,1-2H3,(H,30,35)(H2,31,32,33,34)/t23-/m0/s1. The van der Waals surface area contributed by atoms with Crippen molar-refractivity contribution in [1.82, 2.24) is 20.5 Å². The Hall–Kier alpha value is -4.53. The second kappa shape index (κ2) is 11.3. The van der Waals surface area contributed by atoms with E-state index >= 15 is 0 Å². The van der Waals surface area contributed by atoms with Crippen molar-refractivity contribution in [2.24, 2.45) is 5.92 Å². The van der Waals surface area contributed by atoms with E-state index in [9.17, 15) is 14.0 Å². The summed E-state index contributed by atoms with van der Waals surface area (Å²) in [5.41, 5.74) is 3.51. The minimum atomic E-state index is -0.871. The molecule has 184 valence electrons. The lowest BCUT2D eigenvalue weighted by Crippen LogP contribution is -2.47. The summed E-state index contributed by atoms with van der Waals surface area (Å²) >= 11 is 0. The van der Waals surface area contributed by atoms with Crippen molar-refractivity contribution < 1.29 is 18.7 Å². The van der Waals surface area contributed by atoms with Gasteiger partial charge in [-0.25, -0.2) is 9.18 Å². The number of alkyl carbamates (subject to hydrolysis) is 1. The lowest BCUT2D eigenvalue weighted by atomic mass is 10.0. The van der Waals surface area contributed by atoms with Gasteiger partial charge in [0, 0.05) is 18.0 Å². The topological polar surface area (TPSA) is 109 Å². The molecule has 0 aliphatic rings. The van der Waals surface area contributed by atoms with Crippen LogP contribution in [0.25, 0.3) is 22.4 Å². The van der Waals surface area contributed by atoms with Gasteiger partial charge >= 0.3 is 6.09 Å². The zero-order valence-corrected chi connectivity index (χ0v) is 19.9. The Morgan fingerprint density at radius 1 is 0.972 bits per heavy atom. The second-order valence-corrected chi connectivity index (χ2v) is 8.48. The van der Waals surface area contributed by atoms with Crippen LogP contribution in [0.15, 0.2) is 79.1 Å². The number of nitrogens with one attached hydrogen (secondary N) is 3. The van der Waals surface area contributed by atoms with Gasteiger partial charge in [-0.1, -0.05) is 44.2 Å². The summed E-state index contributed by atoms with van der Waals surface area (Å²) in [5, 5.41) is 12.7. The average molecular weight is 488 g/mol. The smallest absolute Gasteiger partial charge is 0.408 e. The number of nitrogens with zero attached hydrogens (tertiary/aromatic N) is 2. The SMILES string of the molecule is CC(C)[C@H](NC(=O)OCc1ccccc1)C(=O)Nc1n[nH]c(-c2ccc(F)cc2)c1-c1ccncc1. The first kappa shape index (κ1) is 24.6. The van der Waals surface area contributed by atoms with Crippen LogP contribution in [-0.2, 0) is 16.1 Å².